The molecule has 0 amide bonds. The Labute approximate surface area is 177 Å². The summed E-state index contributed by atoms with van der Waals surface area (Å²) in [6.07, 6.45) is 12.0. The van der Waals surface area contributed by atoms with Crippen molar-refractivity contribution in [1.29, 1.82) is 0 Å². The summed E-state index contributed by atoms with van der Waals surface area (Å²) in [6.45, 7) is 11.1. The molecule has 1 fully saturated rings. The number of carbonyl (C=O) groups is 4. The van der Waals surface area contributed by atoms with Gasteiger partial charge in [0.2, 0.25) is 0 Å². The lowest BCUT2D eigenvalue weighted by atomic mass is 10.0. The molecule has 0 aromatic carbocycles. The van der Waals surface area contributed by atoms with Gasteiger partial charge in [-0.05, 0) is 61.5 Å². The van der Waals surface area contributed by atoms with Crippen molar-refractivity contribution in [2.24, 2.45) is 11.8 Å². The molecule has 0 unspecified atom stereocenters. The lowest BCUT2D eigenvalue weighted by Gasteiger charge is -2.03. The zero-order valence-corrected chi connectivity index (χ0v) is 19.0. The summed E-state index contributed by atoms with van der Waals surface area (Å²) < 4.78 is 3.97. The van der Waals surface area contributed by atoms with Gasteiger partial charge in [-0.1, -0.05) is 39.8 Å². The fraction of sp³-hybridized carbons (Fsp3) is 0.667. The second-order valence-corrected chi connectivity index (χ2v) is 8.34. The zero-order chi connectivity index (χ0) is 22.4. The molecule has 0 spiro atoms. The lowest BCUT2D eigenvalue weighted by molar-refractivity contribution is -0.156. The minimum atomic E-state index is -0.562. The molecule has 0 saturated heterocycles. The Balaban J connectivity index is 0. The first-order chi connectivity index (χ1) is 13.5. The minimum absolute atomic E-state index is 0. The fourth-order valence-electron chi connectivity index (χ4n) is 2.87. The first-order valence-electron chi connectivity index (χ1n) is 10.7. The summed E-state index contributed by atoms with van der Waals surface area (Å²) in [4.78, 5) is 41.9. The number of esters is 2. The normalized spacial score (nSPS) is 17.0. The van der Waals surface area contributed by atoms with Crippen LogP contribution in [0.15, 0.2) is 23.3 Å². The molecule has 0 bridgehead atoms. The van der Waals surface area contributed by atoms with Gasteiger partial charge in [-0.15, -0.1) is 0 Å². The number of carbonyl (C=O) groups excluding carboxylic acids is 4. The van der Waals surface area contributed by atoms with Gasteiger partial charge in [0.1, 0.15) is 0 Å². The van der Waals surface area contributed by atoms with Crippen molar-refractivity contribution in [1.82, 2.24) is 0 Å². The third-order valence-corrected chi connectivity index (χ3v) is 4.44. The first kappa shape index (κ1) is 27.0. The number of Topliss-reactive ketones (excluding diaryl/α,β-unsaturated/α-hetero) is 2. The molecule has 0 radical (unpaired) electrons. The molecular formula is C24H39O5+. The van der Waals surface area contributed by atoms with Crippen LogP contribution < -0.4 is 0 Å². The monoisotopic (exact) mass is 407 g/mol. The van der Waals surface area contributed by atoms with Gasteiger partial charge in [-0.3, -0.25) is 19.2 Å². The van der Waals surface area contributed by atoms with E-state index in [-0.39, 0.29) is 1.43 Å². The van der Waals surface area contributed by atoms with Crippen LogP contribution in [0.1, 0.15) is 94.3 Å². The third kappa shape index (κ3) is 14.6. The van der Waals surface area contributed by atoms with E-state index in [1.165, 1.54) is 13.8 Å². The lowest BCUT2D eigenvalue weighted by Crippen LogP contribution is -2.03. The van der Waals surface area contributed by atoms with Crippen LogP contribution in [0.2, 0.25) is 0 Å². The molecule has 0 atom stereocenters. The van der Waals surface area contributed by atoms with E-state index in [2.05, 4.69) is 44.6 Å². The first-order valence-corrected chi connectivity index (χ1v) is 10.7. The van der Waals surface area contributed by atoms with E-state index in [4.69, 9.17) is 0 Å². The minimum Gasteiger partial charge on any atom is -0.394 e. The maximum atomic E-state index is 11.1. The van der Waals surface area contributed by atoms with Crippen molar-refractivity contribution in [2.75, 3.05) is 0 Å². The second kappa shape index (κ2) is 14.9. The molecule has 2 rings (SSSR count). The van der Waals surface area contributed by atoms with Gasteiger partial charge in [0.15, 0.2) is 11.6 Å². The highest BCUT2D eigenvalue weighted by atomic mass is 16.6. The van der Waals surface area contributed by atoms with Gasteiger partial charge >= 0.3 is 13.4 Å². The zero-order valence-electron chi connectivity index (χ0n) is 20.0. The van der Waals surface area contributed by atoms with Crippen molar-refractivity contribution in [3.05, 3.63) is 23.3 Å². The maximum absolute atomic E-state index is 11.1. The highest BCUT2D eigenvalue weighted by Gasteiger charge is 2.16. The van der Waals surface area contributed by atoms with E-state index < -0.39 is 11.9 Å². The molecule has 1 saturated carbocycles. The Morgan fingerprint density at radius 1 is 1.00 bits per heavy atom. The van der Waals surface area contributed by atoms with Gasteiger partial charge < -0.3 is 4.74 Å². The molecule has 0 aromatic rings. The van der Waals surface area contributed by atoms with Crippen LogP contribution in [0.5, 0.6) is 0 Å². The van der Waals surface area contributed by atoms with E-state index in [9.17, 15) is 19.2 Å². The molecule has 2 aliphatic carbocycles. The summed E-state index contributed by atoms with van der Waals surface area (Å²) in [6, 6.07) is 0. The summed E-state index contributed by atoms with van der Waals surface area (Å²) >= 11 is 0. The Bertz CT molecular complexity index is 618. The van der Waals surface area contributed by atoms with Crippen LogP contribution >= 0.6 is 0 Å². The Kier molecular flexibility index (Phi) is 13.8. The molecule has 2 aliphatic rings. The Hall–Kier alpha value is -2.04. The van der Waals surface area contributed by atoms with Crippen molar-refractivity contribution in [3.63, 3.8) is 0 Å². The van der Waals surface area contributed by atoms with Crippen LogP contribution in [0, 0.1) is 11.8 Å². The van der Waals surface area contributed by atoms with Crippen LogP contribution in [-0.4, -0.2) is 23.5 Å². The predicted octanol–water partition coefficient (Wildman–Crippen LogP) is 5.63. The molecule has 0 aliphatic heterocycles. The van der Waals surface area contributed by atoms with Crippen molar-refractivity contribution in [3.8, 4) is 0 Å². The van der Waals surface area contributed by atoms with Crippen molar-refractivity contribution >= 4 is 23.5 Å². The van der Waals surface area contributed by atoms with Crippen LogP contribution in [0.4, 0.5) is 0 Å². The Morgan fingerprint density at radius 2 is 1.62 bits per heavy atom. The molecule has 0 aromatic heterocycles. The summed E-state index contributed by atoms with van der Waals surface area (Å²) in [5.74, 6) is 1.02. The average molecular weight is 408 g/mol. The van der Waals surface area contributed by atoms with E-state index in [0.717, 1.165) is 62.5 Å². The van der Waals surface area contributed by atoms with Gasteiger partial charge in [-0.25, -0.2) is 0 Å². The van der Waals surface area contributed by atoms with Gasteiger partial charge in [0.25, 0.3) is 0 Å². The molecule has 0 N–H and O–H groups in total. The Morgan fingerprint density at radius 3 is 1.97 bits per heavy atom. The third-order valence-electron chi connectivity index (χ3n) is 4.44. The topological polar surface area (TPSA) is 77.5 Å². The van der Waals surface area contributed by atoms with Crippen LogP contribution in [0.25, 0.3) is 0 Å². The summed E-state index contributed by atoms with van der Waals surface area (Å²) in [5.41, 5.74) is 2.16. The molecule has 29 heavy (non-hydrogen) atoms. The second-order valence-electron chi connectivity index (χ2n) is 8.34. The molecule has 5 nitrogen and oxygen atoms in total. The smallest absolute Gasteiger partial charge is 0.394 e. The highest BCUT2D eigenvalue weighted by molar-refractivity contribution is 5.97. The van der Waals surface area contributed by atoms with Crippen LogP contribution in [0.3, 0.4) is 0 Å². The van der Waals surface area contributed by atoms with Crippen LogP contribution in [-0.2, 0) is 23.9 Å². The van der Waals surface area contributed by atoms with Gasteiger partial charge in [-0.2, -0.15) is 0 Å². The number of hydrogen-bond donors (Lipinski definition) is 0. The number of hydrogen-bond acceptors (Lipinski definition) is 5. The standard InChI is InChI=1S/2C10H16O.C4H6O3/c2*1-8(2)6-7-9-4-3-5-10(9)11;1-3(5)7-4(2)6/h7-8H,3-6H2,1-2H3;4,8H,3,5-7H2,1-2H3;1-2H3/p+1/b9-7+;;. The predicted molar refractivity (Wildman–Crippen MR) is 116 cm³/mol. The van der Waals surface area contributed by atoms with E-state index in [1.807, 2.05) is 0 Å². The summed E-state index contributed by atoms with van der Waals surface area (Å²) in [5, 5.41) is 0. The number of ether oxygens (including phenoxy) is 1. The fourth-order valence-corrected chi connectivity index (χ4v) is 2.87. The van der Waals surface area contributed by atoms with Crippen molar-refractivity contribution < 1.29 is 25.3 Å². The largest absolute Gasteiger partial charge is 1.00 e. The van der Waals surface area contributed by atoms with Gasteiger partial charge in [0.05, 0.1) is 0 Å². The molecular weight excluding hydrogens is 368 g/mol. The molecule has 164 valence electrons. The molecule has 0 heterocycles. The number of rotatable bonds is 5. The SMILES string of the molecule is CC(=O)OC(C)=O.CC(C)C/C=C1\CCCC1=O.CC(C)CCC1=CCCC1=O.[H+]. The average Bonchev–Trinajstić information content (AvgIpc) is 3.19. The number of allylic oxidation sites excluding steroid dienone is 4. The quantitative estimate of drug-likeness (QED) is 0.335. The van der Waals surface area contributed by atoms with Gasteiger partial charge in [0, 0.05) is 26.7 Å². The summed E-state index contributed by atoms with van der Waals surface area (Å²) in [7, 11) is 0. The molecule has 5 heteroatoms. The van der Waals surface area contributed by atoms with Crippen molar-refractivity contribution in [2.45, 2.75) is 92.9 Å². The van der Waals surface area contributed by atoms with E-state index >= 15 is 0 Å². The number of ketones is 2. The highest BCUT2D eigenvalue weighted by Crippen LogP contribution is 2.21. The van der Waals surface area contributed by atoms with E-state index in [0.29, 0.717) is 23.4 Å². The van der Waals surface area contributed by atoms with E-state index in [1.54, 1.807) is 0 Å². The maximum Gasteiger partial charge on any atom is 1.00 e.